The maximum absolute atomic E-state index is 11.8. The van der Waals surface area contributed by atoms with Gasteiger partial charge in [0.1, 0.15) is 0 Å². The van der Waals surface area contributed by atoms with Gasteiger partial charge in [-0.25, -0.2) is 0 Å². The molecule has 3 aliphatic rings. The summed E-state index contributed by atoms with van der Waals surface area (Å²) in [6, 6.07) is 0.600. The van der Waals surface area contributed by atoms with Crippen molar-refractivity contribution in [2.75, 3.05) is 46.4 Å². The van der Waals surface area contributed by atoms with E-state index in [1.165, 1.54) is 65.1 Å². The van der Waals surface area contributed by atoms with Crippen molar-refractivity contribution in [2.45, 2.75) is 70.8 Å². The number of aliphatic imine (C=N–C) groups is 1. The number of carbonyl (C=O) groups excluding carboxylic acids is 1. The van der Waals surface area contributed by atoms with Crippen LogP contribution in [0.15, 0.2) is 4.99 Å². The number of hydrogen-bond acceptors (Lipinski definition) is 4. The van der Waals surface area contributed by atoms with Crippen LogP contribution in [0.25, 0.3) is 0 Å². The second-order valence-electron chi connectivity index (χ2n) is 8.77. The molecule has 3 fully saturated rings. The number of nitrogens with one attached hydrogen (secondary N) is 1. The molecule has 1 atom stereocenters. The monoisotopic (exact) mass is 520 g/mol. The molecule has 0 bridgehead atoms. The van der Waals surface area contributed by atoms with Gasteiger partial charge < -0.3 is 15.0 Å². The van der Waals surface area contributed by atoms with Crippen LogP contribution in [0.1, 0.15) is 64.7 Å². The first-order chi connectivity index (χ1) is 13.7. The van der Waals surface area contributed by atoms with Crippen molar-refractivity contribution in [2.24, 2.45) is 16.8 Å². The van der Waals surface area contributed by atoms with Gasteiger partial charge in [0.05, 0.1) is 19.6 Å². The van der Waals surface area contributed by atoms with Gasteiger partial charge in [-0.3, -0.25) is 14.7 Å². The average molecular weight is 521 g/mol. The number of nitrogens with zero attached hydrogens (tertiary/aromatic N) is 3. The zero-order chi connectivity index (χ0) is 19.8. The predicted octanol–water partition coefficient (Wildman–Crippen LogP) is 3.50. The first-order valence-corrected chi connectivity index (χ1v) is 11.6. The first-order valence-electron chi connectivity index (χ1n) is 11.6. The molecule has 0 aromatic rings. The molecule has 0 aromatic carbocycles. The molecule has 0 spiro atoms. The molecule has 2 saturated heterocycles. The predicted molar refractivity (Wildman–Crippen MR) is 129 cm³/mol. The van der Waals surface area contributed by atoms with Crippen LogP contribution in [-0.2, 0) is 9.53 Å². The van der Waals surface area contributed by atoms with E-state index in [-0.39, 0.29) is 35.9 Å². The third kappa shape index (κ3) is 7.26. The van der Waals surface area contributed by atoms with E-state index in [1.54, 1.807) is 0 Å². The average Bonchev–Trinajstić information content (AvgIpc) is 3.18. The number of halogens is 1. The largest absolute Gasteiger partial charge is 0.469 e. The molecular formula is C22H41IN4O2. The van der Waals surface area contributed by atoms with Crippen LogP contribution in [0.3, 0.4) is 0 Å². The molecule has 0 radical (unpaired) electrons. The molecule has 0 aromatic heterocycles. The highest BCUT2D eigenvalue weighted by Gasteiger charge is 2.29. The smallest absolute Gasteiger partial charge is 0.308 e. The molecule has 0 amide bonds. The molecular weight excluding hydrogens is 479 g/mol. The fourth-order valence-corrected chi connectivity index (χ4v) is 5.15. The Morgan fingerprint density at radius 3 is 2.41 bits per heavy atom. The van der Waals surface area contributed by atoms with Gasteiger partial charge >= 0.3 is 5.97 Å². The lowest BCUT2D eigenvalue weighted by atomic mass is 9.89. The third-order valence-corrected chi connectivity index (χ3v) is 6.83. The molecule has 2 heterocycles. The number of ether oxygens (including phenoxy) is 1. The highest BCUT2D eigenvalue weighted by Crippen LogP contribution is 2.27. The molecule has 1 unspecified atom stereocenters. The zero-order valence-corrected chi connectivity index (χ0v) is 20.7. The van der Waals surface area contributed by atoms with Crippen LogP contribution < -0.4 is 5.32 Å². The van der Waals surface area contributed by atoms with Crippen molar-refractivity contribution in [3.8, 4) is 0 Å². The molecule has 168 valence electrons. The van der Waals surface area contributed by atoms with E-state index in [9.17, 15) is 4.79 Å². The van der Waals surface area contributed by atoms with E-state index < -0.39 is 0 Å². The van der Waals surface area contributed by atoms with Crippen molar-refractivity contribution >= 4 is 35.9 Å². The van der Waals surface area contributed by atoms with Crippen molar-refractivity contribution in [3.63, 3.8) is 0 Å². The molecule has 3 rings (SSSR count). The maximum atomic E-state index is 11.8. The van der Waals surface area contributed by atoms with Crippen molar-refractivity contribution in [3.05, 3.63) is 0 Å². The molecule has 1 aliphatic carbocycles. The fourth-order valence-electron chi connectivity index (χ4n) is 5.15. The summed E-state index contributed by atoms with van der Waals surface area (Å²) in [5, 5.41) is 3.47. The summed E-state index contributed by atoms with van der Waals surface area (Å²) in [6.45, 7) is 8.18. The van der Waals surface area contributed by atoms with Crippen LogP contribution >= 0.6 is 24.0 Å². The minimum absolute atomic E-state index is 0. The molecule has 1 N–H and O–H groups in total. The van der Waals surface area contributed by atoms with E-state index in [4.69, 9.17) is 9.73 Å². The quantitative estimate of drug-likeness (QED) is 0.252. The van der Waals surface area contributed by atoms with Crippen molar-refractivity contribution < 1.29 is 9.53 Å². The highest BCUT2D eigenvalue weighted by molar-refractivity contribution is 14.0. The topological polar surface area (TPSA) is 57.2 Å². The van der Waals surface area contributed by atoms with Gasteiger partial charge in [0.2, 0.25) is 0 Å². The maximum Gasteiger partial charge on any atom is 0.308 e. The molecule has 29 heavy (non-hydrogen) atoms. The number of rotatable bonds is 6. The Labute approximate surface area is 194 Å². The summed E-state index contributed by atoms with van der Waals surface area (Å²) >= 11 is 0. The standard InChI is InChI=1S/C22H40N4O2.HI/c1-3-23-22(25-14-11-19(12-15-25)21(27)28-2)24-16-20-10-7-13-26(20)17-18-8-5-4-6-9-18;/h18-20H,3-17H2,1-2H3,(H,23,24);1H. The number of carbonyl (C=O) groups is 1. The Balaban J connectivity index is 0.00000300. The second-order valence-corrected chi connectivity index (χ2v) is 8.77. The van der Waals surface area contributed by atoms with Crippen LogP contribution in [0.4, 0.5) is 0 Å². The minimum atomic E-state index is -0.0640. The van der Waals surface area contributed by atoms with Crippen LogP contribution in [0.2, 0.25) is 0 Å². The van der Waals surface area contributed by atoms with E-state index >= 15 is 0 Å². The molecule has 1 saturated carbocycles. The molecule has 6 nitrogen and oxygen atoms in total. The Morgan fingerprint density at radius 2 is 1.76 bits per heavy atom. The lowest BCUT2D eigenvalue weighted by molar-refractivity contribution is -0.146. The summed E-state index contributed by atoms with van der Waals surface area (Å²) in [7, 11) is 1.49. The third-order valence-electron chi connectivity index (χ3n) is 6.83. The van der Waals surface area contributed by atoms with Crippen LogP contribution in [0.5, 0.6) is 0 Å². The van der Waals surface area contributed by atoms with E-state index in [0.29, 0.717) is 6.04 Å². The summed E-state index contributed by atoms with van der Waals surface area (Å²) < 4.78 is 4.91. The van der Waals surface area contributed by atoms with Gasteiger partial charge in [0.25, 0.3) is 0 Å². The number of esters is 1. The lowest BCUT2D eigenvalue weighted by Crippen LogP contribution is -2.47. The van der Waals surface area contributed by atoms with Gasteiger partial charge in [-0.2, -0.15) is 0 Å². The van der Waals surface area contributed by atoms with Crippen LogP contribution in [-0.4, -0.2) is 74.1 Å². The number of guanidine groups is 1. The van der Waals surface area contributed by atoms with Gasteiger partial charge in [0, 0.05) is 32.2 Å². The number of hydrogen-bond donors (Lipinski definition) is 1. The Morgan fingerprint density at radius 1 is 1.03 bits per heavy atom. The normalized spacial score (nSPS) is 25.0. The number of piperidine rings is 1. The van der Waals surface area contributed by atoms with Gasteiger partial charge in [-0.1, -0.05) is 19.3 Å². The van der Waals surface area contributed by atoms with E-state index in [2.05, 4.69) is 22.0 Å². The Hall–Kier alpha value is -0.570. The Bertz CT molecular complexity index is 517. The SMILES string of the molecule is CCNC(=NCC1CCCN1CC1CCCCC1)N1CCC(C(=O)OC)CC1.I. The van der Waals surface area contributed by atoms with Crippen LogP contribution in [0, 0.1) is 11.8 Å². The lowest BCUT2D eigenvalue weighted by Gasteiger charge is -2.34. The molecule has 2 aliphatic heterocycles. The first kappa shape index (κ1) is 24.7. The van der Waals surface area contributed by atoms with E-state index in [0.717, 1.165) is 50.9 Å². The molecule has 7 heteroatoms. The summed E-state index contributed by atoms with van der Waals surface area (Å²) in [5.41, 5.74) is 0. The van der Waals surface area contributed by atoms with Crippen molar-refractivity contribution in [1.82, 2.24) is 15.1 Å². The number of likely N-dealkylation sites (tertiary alicyclic amines) is 2. The Kier molecular flexibility index (Phi) is 11.0. The van der Waals surface area contributed by atoms with Gasteiger partial charge in [0.15, 0.2) is 5.96 Å². The minimum Gasteiger partial charge on any atom is -0.469 e. The van der Waals surface area contributed by atoms with Gasteiger partial charge in [-0.05, 0) is 57.9 Å². The number of methoxy groups -OCH3 is 1. The van der Waals surface area contributed by atoms with E-state index in [1.807, 2.05) is 0 Å². The second kappa shape index (κ2) is 13.0. The summed E-state index contributed by atoms with van der Waals surface area (Å²) in [4.78, 5) is 21.8. The van der Waals surface area contributed by atoms with Crippen molar-refractivity contribution in [1.29, 1.82) is 0 Å². The summed E-state index contributed by atoms with van der Waals surface area (Å²) in [6.07, 6.45) is 11.4. The highest BCUT2D eigenvalue weighted by atomic mass is 127. The fraction of sp³-hybridized carbons (Fsp3) is 0.909. The summed E-state index contributed by atoms with van der Waals surface area (Å²) in [5.74, 6) is 1.91. The zero-order valence-electron chi connectivity index (χ0n) is 18.4. The van der Waals surface area contributed by atoms with Gasteiger partial charge in [-0.15, -0.1) is 24.0 Å².